The molecule has 2 aromatic rings. The molecule has 0 spiro atoms. The van der Waals surface area contributed by atoms with Crippen LogP contribution >= 0.6 is 0 Å². The molecule has 0 fully saturated rings. The zero-order valence-electron chi connectivity index (χ0n) is 28.4. The molecule has 0 bridgehead atoms. The van der Waals surface area contributed by atoms with Crippen molar-refractivity contribution in [3.8, 4) is 11.8 Å². The van der Waals surface area contributed by atoms with Crippen molar-refractivity contribution in [2.75, 3.05) is 13.2 Å². The van der Waals surface area contributed by atoms with Crippen molar-refractivity contribution in [1.29, 1.82) is 0 Å². The Morgan fingerprint density at radius 1 is 0.977 bits per heavy atom. The molecule has 0 aliphatic heterocycles. The van der Waals surface area contributed by atoms with Gasteiger partial charge in [0.25, 0.3) is 0 Å². The maximum absolute atomic E-state index is 14.3. The van der Waals surface area contributed by atoms with Gasteiger partial charge in [0, 0.05) is 0 Å². The number of ether oxygens (including phenoxy) is 1. The number of esters is 1. The summed E-state index contributed by atoms with van der Waals surface area (Å²) in [6.45, 7) is 26.1. The van der Waals surface area contributed by atoms with Gasteiger partial charge >= 0.3 is 5.97 Å². The lowest BCUT2D eigenvalue weighted by atomic mass is 9.89. The van der Waals surface area contributed by atoms with Crippen molar-refractivity contribution in [3.05, 3.63) is 70.8 Å². The van der Waals surface area contributed by atoms with E-state index in [0.717, 1.165) is 21.6 Å². The van der Waals surface area contributed by atoms with Gasteiger partial charge in [0.15, 0.2) is 8.32 Å². The monoisotopic (exact) mass is 623 g/mol. The SMILES string of the molecule is CCOC(=O)[C@@H](NS(=O)c1c(C(C)C)cc(C(C)C)cc1C(C)C)/C(=C/C#CCO[Si](C)(C)C(C)(C)C)c1ccccc1. The van der Waals surface area contributed by atoms with Gasteiger partial charge in [0.2, 0.25) is 0 Å². The number of hydrogen-bond acceptors (Lipinski definition) is 4. The Hall–Kier alpha value is -2.50. The number of carbonyl (C=O) groups is 1. The minimum atomic E-state index is -1.95. The van der Waals surface area contributed by atoms with Crippen LogP contribution in [0.4, 0.5) is 0 Å². The minimum Gasteiger partial charge on any atom is -0.465 e. The number of carbonyl (C=O) groups excluding carboxylic acids is 1. The van der Waals surface area contributed by atoms with E-state index in [1.54, 1.807) is 13.0 Å². The number of hydrogen-bond donors (Lipinski definition) is 1. The highest BCUT2D eigenvalue weighted by atomic mass is 32.2. The van der Waals surface area contributed by atoms with Crippen LogP contribution in [0.25, 0.3) is 5.57 Å². The summed E-state index contributed by atoms with van der Waals surface area (Å²) >= 11 is 0. The highest BCUT2D eigenvalue weighted by Gasteiger charge is 2.37. The van der Waals surface area contributed by atoms with Crippen molar-refractivity contribution in [2.24, 2.45) is 0 Å². The molecule has 0 radical (unpaired) electrons. The second kappa shape index (κ2) is 16.0. The molecule has 7 heteroatoms. The highest BCUT2D eigenvalue weighted by Crippen LogP contribution is 2.37. The van der Waals surface area contributed by atoms with E-state index in [1.807, 2.05) is 30.3 Å². The molecule has 236 valence electrons. The molecule has 2 atom stereocenters. The number of benzene rings is 2. The number of allylic oxidation sites excluding steroid dienone is 1. The van der Waals surface area contributed by atoms with Gasteiger partial charge in [-0.2, -0.15) is 0 Å². The van der Waals surface area contributed by atoms with Gasteiger partial charge in [0.05, 0.1) is 18.1 Å². The number of nitrogens with one attached hydrogen (secondary N) is 1. The molecule has 2 rings (SSSR count). The Kier molecular flexibility index (Phi) is 13.6. The Morgan fingerprint density at radius 3 is 2.00 bits per heavy atom. The van der Waals surface area contributed by atoms with Crippen LogP contribution in [0.3, 0.4) is 0 Å². The molecule has 0 aromatic heterocycles. The normalized spacial score (nSPS) is 14.1. The van der Waals surface area contributed by atoms with Crippen LogP contribution in [-0.2, 0) is 24.9 Å². The third-order valence-corrected chi connectivity index (χ3v) is 13.8. The summed E-state index contributed by atoms with van der Waals surface area (Å²) in [4.78, 5) is 14.2. The van der Waals surface area contributed by atoms with E-state index in [2.05, 4.69) is 104 Å². The van der Waals surface area contributed by atoms with E-state index in [0.29, 0.717) is 18.1 Å². The molecule has 0 saturated heterocycles. The zero-order valence-corrected chi connectivity index (χ0v) is 30.2. The van der Waals surface area contributed by atoms with E-state index in [9.17, 15) is 9.00 Å². The van der Waals surface area contributed by atoms with Crippen LogP contribution in [0, 0.1) is 11.8 Å². The first-order valence-electron chi connectivity index (χ1n) is 15.4. The summed E-state index contributed by atoms with van der Waals surface area (Å²) < 4.78 is 29.2. The van der Waals surface area contributed by atoms with Gasteiger partial charge in [-0.05, 0) is 76.7 Å². The molecule has 1 N–H and O–H groups in total. The molecule has 43 heavy (non-hydrogen) atoms. The number of rotatable bonds is 12. The van der Waals surface area contributed by atoms with E-state index in [-0.39, 0.29) is 23.5 Å². The Balaban J connectivity index is 2.63. The molecule has 5 nitrogen and oxygen atoms in total. The van der Waals surface area contributed by atoms with Crippen molar-refractivity contribution in [3.63, 3.8) is 0 Å². The lowest BCUT2D eigenvalue weighted by molar-refractivity contribution is -0.143. The third-order valence-electron chi connectivity index (χ3n) is 8.07. The smallest absolute Gasteiger partial charge is 0.328 e. The van der Waals surface area contributed by atoms with Gasteiger partial charge < -0.3 is 9.16 Å². The lowest BCUT2D eigenvalue weighted by Crippen LogP contribution is -2.41. The molecule has 1 unspecified atom stereocenters. The topological polar surface area (TPSA) is 64.6 Å². The second-order valence-electron chi connectivity index (χ2n) is 13.4. The van der Waals surface area contributed by atoms with Crippen molar-refractivity contribution in [2.45, 2.75) is 116 Å². The highest BCUT2D eigenvalue weighted by molar-refractivity contribution is 7.83. The van der Waals surface area contributed by atoms with Crippen LogP contribution in [0.15, 0.2) is 53.4 Å². The lowest BCUT2D eigenvalue weighted by Gasteiger charge is -2.35. The maximum atomic E-state index is 14.3. The molecule has 0 amide bonds. The standard InChI is InChI=1S/C36H53NO4SSi/c1-13-40-35(38)33(37-42(39)34-31(26(4)5)23-29(25(2)3)24-32(34)27(6)7)30(28-19-15-14-16-20-28)21-17-18-22-41-43(11,12)36(8,9)10/h14-16,19-21,23-27,33,37H,13,22H2,1-12H3/b30-21+/t33-,42?/m0/s1. The average molecular weight is 624 g/mol. The molecular formula is C36H53NO4SSi. The summed E-state index contributed by atoms with van der Waals surface area (Å²) in [6, 6.07) is 12.9. The first-order chi connectivity index (χ1) is 20.0. The minimum absolute atomic E-state index is 0.0831. The fourth-order valence-corrected chi connectivity index (χ4v) is 6.74. The summed E-state index contributed by atoms with van der Waals surface area (Å²) in [6.07, 6.45) is 1.73. The zero-order chi connectivity index (χ0) is 32.5. The van der Waals surface area contributed by atoms with E-state index in [1.165, 1.54) is 5.56 Å². The van der Waals surface area contributed by atoms with Crippen LogP contribution < -0.4 is 4.72 Å². The fourth-order valence-electron chi connectivity index (χ4n) is 4.30. The van der Waals surface area contributed by atoms with Crippen molar-refractivity contribution < 1.29 is 18.2 Å². The van der Waals surface area contributed by atoms with Crippen LogP contribution in [-0.4, -0.2) is 37.8 Å². The molecule has 0 aliphatic carbocycles. The predicted octanol–water partition coefficient (Wildman–Crippen LogP) is 8.71. The third kappa shape index (κ3) is 10.0. The molecule has 2 aromatic carbocycles. The predicted molar refractivity (Wildman–Crippen MR) is 184 cm³/mol. The average Bonchev–Trinajstić information content (AvgIpc) is 2.92. The van der Waals surface area contributed by atoms with Gasteiger partial charge in [-0.3, -0.25) is 0 Å². The Morgan fingerprint density at radius 2 is 1.53 bits per heavy atom. The van der Waals surface area contributed by atoms with Crippen molar-refractivity contribution >= 4 is 30.8 Å². The Bertz CT molecular complexity index is 1320. The summed E-state index contributed by atoms with van der Waals surface area (Å²) in [5, 5.41) is 0.0831. The largest absolute Gasteiger partial charge is 0.465 e. The van der Waals surface area contributed by atoms with Gasteiger partial charge in [-0.1, -0.05) is 117 Å². The Labute approximate surface area is 265 Å². The molecular weight excluding hydrogens is 571 g/mol. The quantitative estimate of drug-likeness (QED) is 0.146. The summed E-state index contributed by atoms with van der Waals surface area (Å²) in [5.74, 6) is 6.37. The van der Waals surface area contributed by atoms with Gasteiger partial charge in [-0.25, -0.2) is 13.7 Å². The summed E-state index contributed by atoms with van der Waals surface area (Å²) in [7, 11) is -3.65. The van der Waals surface area contributed by atoms with E-state index < -0.39 is 31.3 Å². The van der Waals surface area contributed by atoms with Crippen LogP contribution in [0.5, 0.6) is 0 Å². The molecule has 0 aliphatic rings. The molecule has 0 saturated carbocycles. The van der Waals surface area contributed by atoms with Gasteiger partial charge in [-0.15, -0.1) is 0 Å². The maximum Gasteiger partial charge on any atom is 0.328 e. The summed E-state index contributed by atoms with van der Waals surface area (Å²) in [5.41, 5.74) is 4.67. The van der Waals surface area contributed by atoms with Crippen LogP contribution in [0.2, 0.25) is 18.1 Å². The van der Waals surface area contributed by atoms with E-state index >= 15 is 0 Å². The first kappa shape index (κ1) is 36.7. The van der Waals surface area contributed by atoms with Crippen LogP contribution in [0.1, 0.15) is 109 Å². The fraction of sp³-hybridized carbons (Fsp3) is 0.528. The van der Waals surface area contributed by atoms with E-state index in [4.69, 9.17) is 9.16 Å². The first-order valence-corrected chi connectivity index (χ1v) is 19.5. The molecule has 0 heterocycles. The second-order valence-corrected chi connectivity index (χ2v) is 19.4. The van der Waals surface area contributed by atoms with Gasteiger partial charge in [0.1, 0.15) is 17.0 Å². The van der Waals surface area contributed by atoms with Crippen molar-refractivity contribution in [1.82, 2.24) is 4.72 Å².